The summed E-state index contributed by atoms with van der Waals surface area (Å²) in [5.41, 5.74) is 0. The van der Waals surface area contributed by atoms with Gasteiger partial charge in [0, 0.05) is 0 Å². The van der Waals surface area contributed by atoms with E-state index in [1.807, 2.05) is 30.4 Å². The highest BCUT2D eigenvalue weighted by molar-refractivity contribution is 6.79. The predicted octanol–water partition coefficient (Wildman–Crippen LogP) is 1.54. The monoisotopic (exact) mass is 272 g/mol. The van der Waals surface area contributed by atoms with Crippen LogP contribution in [0.2, 0.25) is 11.6 Å². The number of benzene rings is 1. The Bertz CT molecular complexity index is 552. The number of carbonyl (C=O) groups is 2. The van der Waals surface area contributed by atoms with Crippen molar-refractivity contribution in [2.24, 2.45) is 5.92 Å². The summed E-state index contributed by atoms with van der Waals surface area (Å²) >= 11 is 0. The van der Waals surface area contributed by atoms with E-state index in [1.54, 1.807) is 0 Å². The van der Waals surface area contributed by atoms with Crippen LogP contribution in [0.5, 0.6) is 0 Å². The van der Waals surface area contributed by atoms with Gasteiger partial charge < -0.3 is 4.74 Å². The average Bonchev–Trinajstić information content (AvgIpc) is 2.72. The molecule has 0 saturated carbocycles. The molecule has 3 unspecified atom stereocenters. The molecule has 3 nitrogen and oxygen atoms in total. The Kier molecular flexibility index (Phi) is 2.90. The molecule has 0 N–H and O–H groups in total. The average molecular weight is 272 g/mol. The number of ether oxygens (including phenoxy) is 1. The fourth-order valence-electron chi connectivity index (χ4n) is 3.35. The Hall–Kier alpha value is -1.68. The molecule has 1 aliphatic heterocycles. The summed E-state index contributed by atoms with van der Waals surface area (Å²) in [5.74, 6) is -0.897. The highest BCUT2D eigenvalue weighted by atomic mass is 28.3. The van der Waals surface area contributed by atoms with Gasteiger partial charge in [-0.05, 0) is 12.8 Å². The second-order valence-electron chi connectivity index (χ2n) is 5.35. The van der Waals surface area contributed by atoms with Gasteiger partial charge in [0.05, 0.1) is 19.8 Å². The Morgan fingerprint density at radius 1 is 1.21 bits per heavy atom. The summed E-state index contributed by atoms with van der Waals surface area (Å²) in [5, 5.41) is 0.641. The first kappa shape index (κ1) is 12.4. The number of rotatable bonds is 2. The highest BCUT2D eigenvalue weighted by Gasteiger charge is 2.60. The van der Waals surface area contributed by atoms with E-state index >= 15 is 0 Å². The van der Waals surface area contributed by atoms with Crippen LogP contribution in [0.1, 0.15) is 12.8 Å². The molecule has 0 bridgehead atoms. The molecule has 1 saturated heterocycles. The molecular formula is C15H16O3Si. The van der Waals surface area contributed by atoms with Crippen molar-refractivity contribution in [2.75, 3.05) is 0 Å². The molecule has 0 aromatic heterocycles. The van der Waals surface area contributed by atoms with E-state index in [0.29, 0.717) is 12.8 Å². The predicted molar refractivity (Wildman–Crippen MR) is 74.7 cm³/mol. The Labute approximate surface area is 113 Å². The molecule has 1 aromatic rings. The first-order chi connectivity index (χ1) is 9.16. The summed E-state index contributed by atoms with van der Waals surface area (Å²) in [6.45, 7) is 2.15. The number of esters is 2. The third-order valence-corrected chi connectivity index (χ3v) is 8.35. The number of allylic oxidation sites excluding steroid dienone is 2. The Balaban J connectivity index is 2.07. The van der Waals surface area contributed by atoms with Crippen LogP contribution in [0.15, 0.2) is 42.5 Å². The van der Waals surface area contributed by atoms with Crippen molar-refractivity contribution in [2.45, 2.75) is 24.4 Å². The molecule has 0 radical (unpaired) electrons. The smallest absolute Gasteiger partial charge is 0.318 e. The number of cyclic esters (lactones) is 2. The number of hydrogen-bond donors (Lipinski definition) is 0. The van der Waals surface area contributed by atoms with Crippen molar-refractivity contribution in [1.82, 2.24) is 0 Å². The van der Waals surface area contributed by atoms with Crippen LogP contribution in [-0.4, -0.2) is 20.7 Å². The van der Waals surface area contributed by atoms with Crippen molar-refractivity contribution < 1.29 is 14.3 Å². The van der Waals surface area contributed by atoms with Crippen LogP contribution < -0.4 is 5.19 Å². The minimum atomic E-state index is -1.62. The lowest BCUT2D eigenvalue weighted by Gasteiger charge is -2.35. The first-order valence-corrected chi connectivity index (χ1v) is 8.93. The standard InChI is InChI=1S/C15H16O3Si/c1-19(11-7-3-2-4-8-11)15-10-6-5-9-12(15)13(16)18-14(15)17/h2-8,12,19H,9-10H2,1H3. The maximum Gasteiger partial charge on any atom is 0.318 e. The molecule has 98 valence electrons. The molecule has 0 spiro atoms. The van der Waals surface area contributed by atoms with Crippen LogP contribution in [0, 0.1) is 5.92 Å². The van der Waals surface area contributed by atoms with Crippen LogP contribution in [0.4, 0.5) is 0 Å². The molecule has 3 atom stereocenters. The van der Waals surface area contributed by atoms with Gasteiger partial charge in [-0.1, -0.05) is 54.2 Å². The normalized spacial score (nSPS) is 30.9. The minimum Gasteiger partial charge on any atom is -0.393 e. The summed E-state index contributed by atoms with van der Waals surface area (Å²) in [6.07, 6.45) is 5.30. The molecular weight excluding hydrogens is 256 g/mol. The summed E-state index contributed by atoms with van der Waals surface area (Å²) in [4.78, 5) is 24.2. The summed E-state index contributed by atoms with van der Waals surface area (Å²) in [6, 6.07) is 10.1. The molecule has 0 amide bonds. The molecule has 19 heavy (non-hydrogen) atoms. The van der Waals surface area contributed by atoms with E-state index in [1.165, 1.54) is 5.19 Å². The third-order valence-electron chi connectivity index (χ3n) is 4.55. The van der Waals surface area contributed by atoms with Crippen LogP contribution >= 0.6 is 0 Å². The summed E-state index contributed by atoms with van der Waals surface area (Å²) in [7, 11) is -1.62. The third kappa shape index (κ3) is 1.70. The molecule has 1 fully saturated rings. The Morgan fingerprint density at radius 2 is 1.95 bits per heavy atom. The van der Waals surface area contributed by atoms with Crippen LogP contribution in [0.25, 0.3) is 0 Å². The second-order valence-corrected chi connectivity index (χ2v) is 8.49. The molecule has 2 aliphatic rings. The molecule has 4 heteroatoms. The first-order valence-electron chi connectivity index (χ1n) is 6.62. The van der Waals surface area contributed by atoms with Gasteiger partial charge >= 0.3 is 11.9 Å². The zero-order chi connectivity index (χ0) is 13.5. The van der Waals surface area contributed by atoms with Gasteiger partial charge in [0.1, 0.15) is 0 Å². The fraction of sp³-hybridized carbons (Fsp3) is 0.333. The van der Waals surface area contributed by atoms with Gasteiger partial charge in [-0.15, -0.1) is 0 Å². The SMILES string of the molecule is C[SiH](c1ccccc1)C12CC=CCC1C(=O)OC2=O. The molecule has 1 aromatic carbocycles. The van der Waals surface area contributed by atoms with Crippen LogP contribution in [0.3, 0.4) is 0 Å². The molecule has 1 heterocycles. The van der Waals surface area contributed by atoms with E-state index < -0.39 is 13.8 Å². The van der Waals surface area contributed by atoms with E-state index in [0.717, 1.165) is 0 Å². The maximum atomic E-state index is 12.3. The van der Waals surface area contributed by atoms with Crippen molar-refractivity contribution in [3.8, 4) is 0 Å². The quantitative estimate of drug-likeness (QED) is 0.355. The maximum absolute atomic E-state index is 12.3. The van der Waals surface area contributed by atoms with E-state index in [2.05, 4.69) is 18.7 Å². The zero-order valence-corrected chi connectivity index (χ0v) is 12.0. The van der Waals surface area contributed by atoms with Gasteiger partial charge in [-0.25, -0.2) is 0 Å². The van der Waals surface area contributed by atoms with E-state index in [9.17, 15) is 9.59 Å². The second kappa shape index (κ2) is 4.45. The number of fused-ring (bicyclic) bond motifs is 1. The molecule has 1 aliphatic carbocycles. The lowest BCUT2D eigenvalue weighted by Crippen LogP contribution is -2.47. The zero-order valence-electron chi connectivity index (χ0n) is 10.8. The van der Waals surface area contributed by atoms with Gasteiger partial charge in [-0.3, -0.25) is 9.59 Å². The van der Waals surface area contributed by atoms with Gasteiger partial charge in [0.15, 0.2) is 0 Å². The lowest BCUT2D eigenvalue weighted by molar-refractivity contribution is -0.153. The highest BCUT2D eigenvalue weighted by Crippen LogP contribution is 2.52. The van der Waals surface area contributed by atoms with E-state index in [4.69, 9.17) is 4.74 Å². The molecule has 3 rings (SSSR count). The van der Waals surface area contributed by atoms with Gasteiger partial charge in [0.2, 0.25) is 0 Å². The number of hydrogen-bond acceptors (Lipinski definition) is 3. The van der Waals surface area contributed by atoms with Crippen molar-refractivity contribution in [3.63, 3.8) is 0 Å². The topological polar surface area (TPSA) is 43.4 Å². The van der Waals surface area contributed by atoms with E-state index in [-0.39, 0.29) is 17.9 Å². The van der Waals surface area contributed by atoms with Gasteiger partial charge in [0.25, 0.3) is 0 Å². The van der Waals surface area contributed by atoms with Crippen LogP contribution in [-0.2, 0) is 14.3 Å². The summed E-state index contributed by atoms with van der Waals surface area (Å²) < 4.78 is 4.97. The van der Waals surface area contributed by atoms with Gasteiger partial charge in [-0.2, -0.15) is 0 Å². The fourth-order valence-corrected chi connectivity index (χ4v) is 6.52. The largest absolute Gasteiger partial charge is 0.393 e. The minimum absolute atomic E-state index is 0.271. The van der Waals surface area contributed by atoms with Crippen molar-refractivity contribution >= 4 is 25.9 Å². The number of carbonyl (C=O) groups excluding carboxylic acids is 2. The van der Waals surface area contributed by atoms with Crippen molar-refractivity contribution in [3.05, 3.63) is 42.5 Å². The Morgan fingerprint density at radius 3 is 2.68 bits per heavy atom. The lowest BCUT2D eigenvalue weighted by atomic mass is 9.84. The van der Waals surface area contributed by atoms with Crippen molar-refractivity contribution in [1.29, 1.82) is 0 Å².